The van der Waals surface area contributed by atoms with Gasteiger partial charge in [-0.15, -0.1) is 0 Å². The molecule has 3 aromatic rings. The molecule has 1 saturated heterocycles. The van der Waals surface area contributed by atoms with Gasteiger partial charge in [-0.3, -0.25) is 14.7 Å². The van der Waals surface area contributed by atoms with Crippen LogP contribution in [0.15, 0.2) is 47.4 Å². The SMILES string of the molecule is Cc1nc(C2CCCN(C(=O)c3ccc(-c4ccn[nH]4)cc3)C2)cc(=O)[nH]1. The normalized spacial score (nSPS) is 17.1. The summed E-state index contributed by atoms with van der Waals surface area (Å²) >= 11 is 0. The largest absolute Gasteiger partial charge is 0.338 e. The van der Waals surface area contributed by atoms with Crippen molar-refractivity contribution in [2.24, 2.45) is 0 Å². The summed E-state index contributed by atoms with van der Waals surface area (Å²) in [6, 6.07) is 11.0. The van der Waals surface area contributed by atoms with E-state index in [-0.39, 0.29) is 17.4 Å². The third-order valence-electron chi connectivity index (χ3n) is 4.95. The van der Waals surface area contributed by atoms with Gasteiger partial charge in [-0.25, -0.2) is 4.98 Å². The van der Waals surface area contributed by atoms with Gasteiger partial charge >= 0.3 is 0 Å². The van der Waals surface area contributed by atoms with Crippen LogP contribution in [0, 0.1) is 6.92 Å². The van der Waals surface area contributed by atoms with Crippen molar-refractivity contribution in [3.63, 3.8) is 0 Å². The number of aromatic amines is 2. The predicted octanol–water partition coefficient (Wildman–Crippen LogP) is 2.49. The summed E-state index contributed by atoms with van der Waals surface area (Å²) in [6.45, 7) is 3.08. The molecule has 138 valence electrons. The fourth-order valence-electron chi connectivity index (χ4n) is 3.61. The van der Waals surface area contributed by atoms with E-state index in [1.165, 1.54) is 0 Å². The average Bonchev–Trinajstić information content (AvgIpc) is 3.22. The number of benzene rings is 1. The molecular weight excluding hydrogens is 342 g/mol. The van der Waals surface area contributed by atoms with Crippen molar-refractivity contribution in [3.05, 3.63) is 70.0 Å². The van der Waals surface area contributed by atoms with Gasteiger partial charge in [-0.2, -0.15) is 5.10 Å². The minimum atomic E-state index is -0.143. The minimum Gasteiger partial charge on any atom is -0.338 e. The lowest BCUT2D eigenvalue weighted by molar-refractivity contribution is 0.0706. The number of nitrogens with one attached hydrogen (secondary N) is 2. The fraction of sp³-hybridized carbons (Fsp3) is 0.300. The Morgan fingerprint density at radius 2 is 2.04 bits per heavy atom. The zero-order chi connectivity index (χ0) is 18.8. The Bertz CT molecular complexity index is 992. The highest BCUT2D eigenvalue weighted by atomic mass is 16.2. The van der Waals surface area contributed by atoms with Crippen LogP contribution < -0.4 is 5.56 Å². The molecule has 3 heterocycles. The van der Waals surface area contributed by atoms with Gasteiger partial charge in [0.05, 0.1) is 11.4 Å². The first-order valence-electron chi connectivity index (χ1n) is 9.07. The van der Waals surface area contributed by atoms with Crippen LogP contribution in [-0.2, 0) is 0 Å². The summed E-state index contributed by atoms with van der Waals surface area (Å²) in [5, 5.41) is 6.87. The summed E-state index contributed by atoms with van der Waals surface area (Å²) < 4.78 is 0. The number of H-pyrrole nitrogens is 2. The monoisotopic (exact) mass is 363 g/mol. The third-order valence-corrected chi connectivity index (χ3v) is 4.95. The van der Waals surface area contributed by atoms with Crippen LogP contribution in [0.25, 0.3) is 11.3 Å². The highest BCUT2D eigenvalue weighted by Crippen LogP contribution is 2.26. The number of likely N-dealkylation sites (tertiary alicyclic amines) is 1. The van der Waals surface area contributed by atoms with E-state index in [0.717, 1.165) is 36.3 Å². The lowest BCUT2D eigenvalue weighted by Crippen LogP contribution is -2.39. The van der Waals surface area contributed by atoms with E-state index in [0.29, 0.717) is 17.9 Å². The summed E-state index contributed by atoms with van der Waals surface area (Å²) in [4.78, 5) is 33.7. The Morgan fingerprint density at radius 3 is 2.74 bits per heavy atom. The van der Waals surface area contributed by atoms with Crippen molar-refractivity contribution in [1.82, 2.24) is 25.1 Å². The van der Waals surface area contributed by atoms with Gasteiger partial charge in [0.25, 0.3) is 11.5 Å². The maximum Gasteiger partial charge on any atom is 0.253 e. The Hall–Kier alpha value is -3.22. The molecule has 27 heavy (non-hydrogen) atoms. The highest BCUT2D eigenvalue weighted by molar-refractivity contribution is 5.94. The van der Waals surface area contributed by atoms with E-state index in [1.807, 2.05) is 35.2 Å². The number of hydrogen-bond donors (Lipinski definition) is 2. The zero-order valence-electron chi connectivity index (χ0n) is 15.1. The van der Waals surface area contributed by atoms with Gasteiger partial charge in [0.1, 0.15) is 5.82 Å². The van der Waals surface area contributed by atoms with Crippen LogP contribution in [0.4, 0.5) is 0 Å². The summed E-state index contributed by atoms with van der Waals surface area (Å²) in [5.41, 5.74) is 3.19. The molecule has 1 fully saturated rings. The molecule has 0 radical (unpaired) electrons. The van der Waals surface area contributed by atoms with Crippen LogP contribution in [-0.4, -0.2) is 44.1 Å². The summed E-state index contributed by atoms with van der Waals surface area (Å²) in [7, 11) is 0. The van der Waals surface area contributed by atoms with Crippen molar-refractivity contribution < 1.29 is 4.79 Å². The van der Waals surface area contributed by atoms with E-state index in [2.05, 4.69) is 20.2 Å². The molecule has 1 unspecified atom stereocenters. The molecule has 0 spiro atoms. The van der Waals surface area contributed by atoms with E-state index < -0.39 is 0 Å². The molecule has 1 aromatic carbocycles. The highest BCUT2D eigenvalue weighted by Gasteiger charge is 2.26. The van der Waals surface area contributed by atoms with Gasteiger partial charge in [0.2, 0.25) is 0 Å². The molecule has 1 amide bonds. The van der Waals surface area contributed by atoms with Gasteiger partial charge in [-0.1, -0.05) is 12.1 Å². The van der Waals surface area contributed by atoms with Crippen molar-refractivity contribution in [2.45, 2.75) is 25.7 Å². The van der Waals surface area contributed by atoms with E-state index in [1.54, 1.807) is 19.2 Å². The molecular formula is C20H21N5O2. The number of aryl methyl sites for hydroxylation is 1. The van der Waals surface area contributed by atoms with E-state index in [9.17, 15) is 9.59 Å². The van der Waals surface area contributed by atoms with Gasteiger partial charge in [0.15, 0.2) is 0 Å². The average molecular weight is 363 g/mol. The summed E-state index contributed by atoms with van der Waals surface area (Å²) in [6.07, 6.45) is 3.53. The number of piperidine rings is 1. The first-order valence-corrected chi connectivity index (χ1v) is 9.07. The Morgan fingerprint density at radius 1 is 1.22 bits per heavy atom. The van der Waals surface area contributed by atoms with Crippen LogP contribution >= 0.6 is 0 Å². The number of hydrogen-bond acceptors (Lipinski definition) is 4. The van der Waals surface area contributed by atoms with E-state index >= 15 is 0 Å². The second-order valence-electron chi connectivity index (χ2n) is 6.89. The maximum absolute atomic E-state index is 12.9. The van der Waals surface area contributed by atoms with Crippen molar-refractivity contribution in [3.8, 4) is 11.3 Å². The molecule has 1 aliphatic rings. The molecule has 1 aliphatic heterocycles. The molecule has 1 atom stereocenters. The molecule has 7 heteroatoms. The number of carbonyl (C=O) groups is 1. The zero-order valence-corrected chi connectivity index (χ0v) is 15.1. The standard InChI is InChI=1S/C20H21N5O2/c1-13-22-18(11-19(26)23-13)16-3-2-10-25(12-16)20(27)15-6-4-14(5-7-15)17-8-9-21-24-17/h4-9,11,16H,2-3,10,12H2,1H3,(H,21,24)(H,22,23,26). The molecule has 7 nitrogen and oxygen atoms in total. The van der Waals surface area contributed by atoms with Crippen LogP contribution in [0.2, 0.25) is 0 Å². The molecule has 0 saturated carbocycles. The number of carbonyl (C=O) groups excluding carboxylic acids is 1. The summed E-state index contributed by atoms with van der Waals surface area (Å²) in [5.74, 6) is 0.709. The van der Waals surface area contributed by atoms with Gasteiger partial charge in [0, 0.05) is 36.8 Å². The molecule has 0 aliphatic carbocycles. The molecule has 2 aromatic heterocycles. The van der Waals surface area contributed by atoms with Crippen molar-refractivity contribution in [1.29, 1.82) is 0 Å². The number of amides is 1. The van der Waals surface area contributed by atoms with Crippen LogP contribution in [0.5, 0.6) is 0 Å². The maximum atomic E-state index is 12.9. The Kier molecular flexibility index (Phi) is 4.58. The smallest absolute Gasteiger partial charge is 0.253 e. The number of nitrogens with zero attached hydrogens (tertiary/aromatic N) is 3. The quantitative estimate of drug-likeness (QED) is 0.747. The van der Waals surface area contributed by atoms with E-state index in [4.69, 9.17) is 0 Å². The number of rotatable bonds is 3. The second kappa shape index (κ2) is 7.19. The van der Waals surface area contributed by atoms with Gasteiger partial charge in [-0.05, 0) is 43.5 Å². The molecule has 4 rings (SSSR count). The fourth-order valence-corrected chi connectivity index (χ4v) is 3.61. The topological polar surface area (TPSA) is 94.7 Å². The lowest BCUT2D eigenvalue weighted by Gasteiger charge is -2.32. The number of aromatic nitrogens is 4. The second-order valence-corrected chi connectivity index (χ2v) is 6.89. The van der Waals surface area contributed by atoms with Crippen LogP contribution in [0.3, 0.4) is 0 Å². The molecule has 0 bridgehead atoms. The third kappa shape index (κ3) is 3.67. The first kappa shape index (κ1) is 17.2. The molecule has 2 N–H and O–H groups in total. The van der Waals surface area contributed by atoms with Crippen molar-refractivity contribution >= 4 is 5.91 Å². The minimum absolute atomic E-state index is 0.0115. The van der Waals surface area contributed by atoms with Crippen LogP contribution in [0.1, 0.15) is 40.6 Å². The Balaban J connectivity index is 1.50. The lowest BCUT2D eigenvalue weighted by atomic mass is 9.94. The van der Waals surface area contributed by atoms with Crippen molar-refractivity contribution in [2.75, 3.05) is 13.1 Å². The van der Waals surface area contributed by atoms with Gasteiger partial charge < -0.3 is 9.88 Å². The Labute approximate surface area is 156 Å². The predicted molar refractivity (Wildman–Crippen MR) is 101 cm³/mol. The first-order chi connectivity index (χ1) is 13.1.